The molecule has 0 saturated heterocycles. The van der Waals surface area contributed by atoms with Gasteiger partial charge in [0.05, 0.1) is 0 Å². The third kappa shape index (κ3) is 1.26. The Labute approximate surface area is 54.7 Å². The third-order valence-electron chi connectivity index (χ3n) is 0.829. The van der Waals surface area contributed by atoms with Gasteiger partial charge < -0.3 is 0 Å². The molecule has 3 heteroatoms. The fourth-order valence-electron chi connectivity index (χ4n) is 0.515. The maximum atomic E-state index is 2.30. The summed E-state index contributed by atoms with van der Waals surface area (Å²) >= 11 is -0.294. The van der Waals surface area contributed by atoms with Gasteiger partial charge >= 0.3 is 54.4 Å². The summed E-state index contributed by atoms with van der Waals surface area (Å²) in [6, 6.07) is 0. The summed E-state index contributed by atoms with van der Waals surface area (Å²) < 4.78 is 4.59. The molecule has 0 aliphatic carbocycles. The minimum absolute atomic E-state index is 0.294. The zero-order chi connectivity index (χ0) is 5.28. The van der Waals surface area contributed by atoms with Gasteiger partial charge in [0, 0.05) is 0 Å². The topological polar surface area (TPSA) is 6.48 Å². The second kappa shape index (κ2) is 1.94. The first-order valence-corrected chi connectivity index (χ1v) is 4.74. The molecule has 0 aromatic carbocycles. The molecule has 0 N–H and O–H groups in total. The minimum atomic E-state index is -0.294. The van der Waals surface area contributed by atoms with Gasteiger partial charge in [-0.25, -0.2) is 0 Å². The number of rotatable bonds is 0. The molecule has 0 saturated carbocycles. The van der Waals surface area contributed by atoms with E-state index in [1.807, 2.05) is 0 Å². The van der Waals surface area contributed by atoms with E-state index in [1.165, 1.54) is 0 Å². The third-order valence-corrected chi connectivity index (χ3v) is 3.48. The van der Waals surface area contributed by atoms with E-state index < -0.39 is 0 Å². The van der Waals surface area contributed by atoms with Crippen molar-refractivity contribution in [3.63, 3.8) is 0 Å². The van der Waals surface area contributed by atoms with E-state index in [1.54, 1.807) is 0 Å². The van der Waals surface area contributed by atoms with Gasteiger partial charge in [-0.3, -0.25) is 0 Å². The Hall–Kier alpha value is 0.139. The van der Waals surface area contributed by atoms with Crippen molar-refractivity contribution in [1.29, 1.82) is 0 Å². The van der Waals surface area contributed by atoms with Crippen molar-refractivity contribution in [1.82, 2.24) is 6.24 Å². The molecule has 7 heavy (non-hydrogen) atoms. The normalized spacial score (nSPS) is 19.1. The molecule has 2 radical (unpaired) electrons. The van der Waals surface area contributed by atoms with E-state index in [-0.39, 0.29) is 21.7 Å². The van der Waals surface area contributed by atoms with E-state index in [9.17, 15) is 0 Å². The standard InChI is InChI=1S/C4H8N2.Sn/c1-5-3-4-6-2;/h3-4H,1-2H3;/q-2;+2. The van der Waals surface area contributed by atoms with Gasteiger partial charge in [-0.15, -0.1) is 0 Å². The van der Waals surface area contributed by atoms with Crippen LogP contribution in [0, 0.1) is 0 Å². The summed E-state index contributed by atoms with van der Waals surface area (Å²) in [5.41, 5.74) is 0. The summed E-state index contributed by atoms with van der Waals surface area (Å²) in [6.07, 6.45) is 4.26. The molecule has 2 nitrogen and oxygen atoms in total. The van der Waals surface area contributed by atoms with Crippen LogP contribution < -0.4 is 0 Å². The molecule has 1 heterocycles. The molecule has 1 aliphatic rings. The second-order valence-corrected chi connectivity index (χ2v) is 6.22. The van der Waals surface area contributed by atoms with Crippen molar-refractivity contribution >= 4 is 21.7 Å². The first kappa shape index (κ1) is 5.28. The van der Waals surface area contributed by atoms with Crippen molar-refractivity contribution in [3.05, 3.63) is 12.4 Å². The fraction of sp³-hybridized carbons (Fsp3) is 0.500. The average molecular weight is 203 g/mol. The van der Waals surface area contributed by atoms with Crippen LogP contribution in [0.1, 0.15) is 0 Å². The van der Waals surface area contributed by atoms with Crippen molar-refractivity contribution in [2.24, 2.45) is 0 Å². The number of hydrogen-bond donors (Lipinski definition) is 0. The Morgan fingerprint density at radius 3 is 1.71 bits per heavy atom. The van der Waals surface area contributed by atoms with Crippen LogP contribution in [0.15, 0.2) is 12.4 Å². The van der Waals surface area contributed by atoms with Crippen molar-refractivity contribution < 1.29 is 0 Å². The number of nitrogens with zero attached hydrogens (tertiary/aromatic N) is 2. The molecule has 0 aromatic rings. The van der Waals surface area contributed by atoms with E-state index in [0.29, 0.717) is 0 Å². The number of hydrogen-bond acceptors (Lipinski definition) is 2. The molecule has 0 amide bonds. The second-order valence-electron chi connectivity index (χ2n) is 1.62. The Morgan fingerprint density at radius 2 is 1.57 bits per heavy atom. The molecule has 0 atom stereocenters. The van der Waals surface area contributed by atoms with Crippen molar-refractivity contribution in [2.45, 2.75) is 0 Å². The zero-order valence-corrected chi connectivity index (χ0v) is 7.40. The predicted octanol–water partition coefficient (Wildman–Crippen LogP) is -0.131. The zero-order valence-electron chi connectivity index (χ0n) is 4.55. The maximum absolute atomic E-state index is 2.30. The summed E-state index contributed by atoms with van der Waals surface area (Å²) in [6.45, 7) is 0. The molecule has 0 unspecified atom stereocenters. The van der Waals surface area contributed by atoms with E-state index in [4.69, 9.17) is 0 Å². The van der Waals surface area contributed by atoms with Crippen LogP contribution in [0.2, 0.25) is 0 Å². The molecule has 0 aromatic heterocycles. The SMILES string of the molecule is C[N]1C=C[N](C)[Sn]1. The van der Waals surface area contributed by atoms with Gasteiger partial charge in [-0.05, 0) is 0 Å². The molecular formula is C4H8N2Sn. The van der Waals surface area contributed by atoms with Gasteiger partial charge in [0.15, 0.2) is 0 Å². The van der Waals surface area contributed by atoms with Gasteiger partial charge in [-0.2, -0.15) is 0 Å². The fourth-order valence-corrected chi connectivity index (χ4v) is 2.70. The van der Waals surface area contributed by atoms with Crippen LogP contribution in [0.4, 0.5) is 0 Å². The Morgan fingerprint density at radius 1 is 1.14 bits per heavy atom. The Bertz CT molecular complexity index is 81.7. The summed E-state index contributed by atoms with van der Waals surface area (Å²) in [5, 5.41) is 0. The van der Waals surface area contributed by atoms with Crippen LogP contribution in [0.25, 0.3) is 0 Å². The van der Waals surface area contributed by atoms with Crippen molar-refractivity contribution in [3.8, 4) is 0 Å². The molecule has 0 spiro atoms. The van der Waals surface area contributed by atoms with E-state index >= 15 is 0 Å². The summed E-state index contributed by atoms with van der Waals surface area (Å²) in [7, 11) is 4.26. The van der Waals surface area contributed by atoms with Gasteiger partial charge in [0.25, 0.3) is 0 Å². The van der Waals surface area contributed by atoms with Crippen LogP contribution in [-0.2, 0) is 0 Å². The van der Waals surface area contributed by atoms with Gasteiger partial charge in [0.1, 0.15) is 0 Å². The molecule has 1 rings (SSSR count). The Kier molecular flexibility index (Phi) is 1.46. The quantitative estimate of drug-likeness (QED) is 0.506. The molecule has 1 aliphatic heterocycles. The molecule has 0 fully saturated rings. The summed E-state index contributed by atoms with van der Waals surface area (Å²) in [4.78, 5) is 0. The molecule has 0 bridgehead atoms. The summed E-state index contributed by atoms with van der Waals surface area (Å²) in [5.74, 6) is 0. The molecule has 38 valence electrons. The van der Waals surface area contributed by atoms with Gasteiger partial charge in [0.2, 0.25) is 0 Å². The van der Waals surface area contributed by atoms with Gasteiger partial charge in [-0.1, -0.05) is 0 Å². The molecular weight excluding hydrogens is 195 g/mol. The van der Waals surface area contributed by atoms with E-state index in [0.717, 1.165) is 0 Å². The predicted molar refractivity (Wildman–Crippen MR) is 30.4 cm³/mol. The van der Waals surface area contributed by atoms with Crippen LogP contribution >= 0.6 is 0 Å². The monoisotopic (exact) mass is 204 g/mol. The van der Waals surface area contributed by atoms with Crippen LogP contribution in [0.3, 0.4) is 0 Å². The van der Waals surface area contributed by atoms with Crippen LogP contribution in [0.5, 0.6) is 0 Å². The van der Waals surface area contributed by atoms with Crippen molar-refractivity contribution in [2.75, 3.05) is 14.1 Å². The first-order valence-electron chi connectivity index (χ1n) is 2.19. The van der Waals surface area contributed by atoms with Crippen LogP contribution in [-0.4, -0.2) is 42.0 Å². The Balaban J connectivity index is 2.42. The average Bonchev–Trinajstić information content (AvgIpc) is 1.87. The first-order chi connectivity index (χ1) is 3.29. The van der Waals surface area contributed by atoms with E-state index in [2.05, 4.69) is 32.7 Å².